The zero-order chi connectivity index (χ0) is 48.7. The van der Waals surface area contributed by atoms with Crippen LogP contribution in [0.4, 0.5) is 13.2 Å². The number of aryl methyl sites for hydroxylation is 1. The van der Waals surface area contributed by atoms with Gasteiger partial charge >= 0.3 is 13.3 Å². The van der Waals surface area contributed by atoms with Crippen molar-refractivity contribution in [2.24, 2.45) is 28.9 Å². The van der Waals surface area contributed by atoms with Crippen molar-refractivity contribution in [1.82, 2.24) is 26.6 Å². The van der Waals surface area contributed by atoms with E-state index in [4.69, 9.17) is 15.0 Å². The lowest BCUT2D eigenvalue weighted by molar-refractivity contribution is -0.199. The van der Waals surface area contributed by atoms with Crippen molar-refractivity contribution in [2.75, 3.05) is 6.54 Å². The molecule has 4 aliphatic rings. The number of nitrogens with two attached hydrogens (primary N) is 1. The highest BCUT2D eigenvalue weighted by molar-refractivity contribution is 6.47. The van der Waals surface area contributed by atoms with Gasteiger partial charge in [-0.1, -0.05) is 96.0 Å². The van der Waals surface area contributed by atoms with Gasteiger partial charge in [-0.05, 0) is 125 Å². The summed E-state index contributed by atoms with van der Waals surface area (Å²) >= 11 is 0. The van der Waals surface area contributed by atoms with Crippen molar-refractivity contribution in [2.45, 2.75) is 180 Å². The van der Waals surface area contributed by atoms with Gasteiger partial charge in [-0.3, -0.25) is 24.5 Å². The molecule has 1 saturated heterocycles. The highest BCUT2D eigenvalue weighted by Crippen LogP contribution is 2.65. The van der Waals surface area contributed by atoms with E-state index < -0.39 is 84.8 Å². The van der Waals surface area contributed by atoms with Gasteiger partial charge in [0.15, 0.2) is 0 Å². The number of rotatable bonds is 23. The maximum Gasteiger partial charge on any atom is 0.481 e. The second-order valence-electron chi connectivity index (χ2n) is 20.2. The Labute approximate surface area is 389 Å². The number of carbonyl (C=O) groups excluding carboxylic acids is 4. The molecule has 66 heavy (non-hydrogen) atoms. The molecule has 2 aromatic carbocycles. The second kappa shape index (κ2) is 22.4. The van der Waals surface area contributed by atoms with E-state index in [0.717, 1.165) is 43.2 Å². The largest absolute Gasteiger partial charge is 0.481 e. The van der Waals surface area contributed by atoms with Crippen LogP contribution in [0.5, 0.6) is 0 Å². The number of amides is 4. The molecule has 17 heteroatoms. The topological polar surface area (TPSA) is 193 Å². The molecular weight excluding hydrogens is 852 g/mol. The molecule has 0 radical (unpaired) electrons. The molecule has 4 fully saturated rings. The van der Waals surface area contributed by atoms with Crippen LogP contribution < -0.4 is 32.3 Å². The number of aliphatic hydroxyl groups excluding tert-OH is 1. The maximum atomic E-state index is 14.8. The molecule has 366 valence electrons. The Morgan fingerprint density at radius 1 is 0.818 bits per heavy atom. The molecule has 2 aromatic rings. The lowest BCUT2D eigenvalue weighted by Gasteiger charge is -2.64. The number of alkyl halides is 3. The number of hydrogen-bond donors (Lipinski definition) is 7. The van der Waals surface area contributed by atoms with Gasteiger partial charge in [-0.15, -0.1) is 0 Å². The molecule has 4 amide bonds. The number of nitrogens with one attached hydrogen (secondary N) is 5. The van der Waals surface area contributed by atoms with Gasteiger partial charge in [0.05, 0.1) is 29.8 Å². The van der Waals surface area contributed by atoms with Crippen LogP contribution in [0.25, 0.3) is 11.1 Å². The van der Waals surface area contributed by atoms with E-state index in [0.29, 0.717) is 24.7 Å². The first-order chi connectivity index (χ1) is 31.0. The quantitative estimate of drug-likeness (QED) is 0.0513. The van der Waals surface area contributed by atoms with Gasteiger partial charge in [0.25, 0.3) is 0 Å². The minimum absolute atomic E-state index is 0.00776. The van der Waals surface area contributed by atoms with Gasteiger partial charge in [0.1, 0.15) is 24.2 Å². The third kappa shape index (κ3) is 12.7. The van der Waals surface area contributed by atoms with Crippen LogP contribution in [0.15, 0.2) is 48.5 Å². The van der Waals surface area contributed by atoms with Crippen LogP contribution >= 0.6 is 0 Å². The third-order valence-corrected chi connectivity index (χ3v) is 14.2. The highest BCUT2D eigenvalue weighted by Gasteiger charge is 2.68. The average Bonchev–Trinajstić information content (AvgIpc) is 3.62. The van der Waals surface area contributed by atoms with Crippen molar-refractivity contribution in [3.63, 3.8) is 0 Å². The Kier molecular flexibility index (Phi) is 18.0. The van der Waals surface area contributed by atoms with E-state index in [1.807, 2.05) is 38.1 Å². The highest BCUT2D eigenvalue weighted by atomic mass is 19.4. The van der Waals surface area contributed by atoms with Gasteiger partial charge in [-0.25, -0.2) is 0 Å². The Morgan fingerprint density at radius 3 is 2.00 bits per heavy atom. The van der Waals surface area contributed by atoms with Crippen molar-refractivity contribution in [1.29, 1.82) is 0 Å². The summed E-state index contributed by atoms with van der Waals surface area (Å²) in [6.45, 7) is 17.2. The Bertz CT molecular complexity index is 1950. The number of carbonyl (C=O) groups is 4. The lowest BCUT2D eigenvalue weighted by atomic mass is 9.43. The lowest BCUT2D eigenvalue weighted by Crippen LogP contribution is -2.65. The van der Waals surface area contributed by atoms with E-state index >= 15 is 0 Å². The fourth-order valence-electron chi connectivity index (χ4n) is 10.0. The summed E-state index contributed by atoms with van der Waals surface area (Å²) in [6, 6.07) is 6.31. The minimum atomic E-state index is -4.81. The molecule has 2 bridgehead atoms. The van der Waals surface area contributed by atoms with Gasteiger partial charge in [-0.2, -0.15) is 13.2 Å². The molecule has 1 aliphatic heterocycles. The number of aliphatic hydroxyl groups is 1. The average molecular weight is 927 g/mol. The number of halogens is 3. The monoisotopic (exact) mass is 927 g/mol. The zero-order valence-electron chi connectivity index (χ0n) is 40.2. The Morgan fingerprint density at radius 2 is 1.44 bits per heavy atom. The fraction of sp³-hybridized carbons (Fsp3) is 0.673. The second-order valence-corrected chi connectivity index (χ2v) is 20.2. The molecule has 1 unspecified atom stereocenters. The van der Waals surface area contributed by atoms with Crippen LogP contribution in [-0.4, -0.2) is 96.5 Å². The summed E-state index contributed by atoms with van der Waals surface area (Å²) in [5, 5.41) is 23.8. The first kappa shape index (κ1) is 52.9. The maximum absolute atomic E-state index is 14.8. The molecule has 11 atom stereocenters. The van der Waals surface area contributed by atoms with E-state index in [-0.39, 0.29) is 42.4 Å². The van der Waals surface area contributed by atoms with E-state index in [2.05, 4.69) is 54.3 Å². The first-order valence-corrected chi connectivity index (χ1v) is 23.9. The fourth-order valence-corrected chi connectivity index (χ4v) is 10.0. The third-order valence-electron chi connectivity index (χ3n) is 14.2. The predicted octanol–water partition coefficient (Wildman–Crippen LogP) is 6.06. The van der Waals surface area contributed by atoms with E-state index in [1.54, 1.807) is 19.1 Å². The molecule has 13 nitrogen and oxygen atoms in total. The van der Waals surface area contributed by atoms with Crippen molar-refractivity contribution in [3.8, 4) is 11.1 Å². The molecular formula is C49H74BF3N6O7. The summed E-state index contributed by atoms with van der Waals surface area (Å²) in [6.07, 6.45) is -0.405. The van der Waals surface area contributed by atoms with Crippen molar-refractivity contribution in [3.05, 3.63) is 59.7 Å². The predicted molar refractivity (Wildman–Crippen MR) is 249 cm³/mol. The number of benzene rings is 2. The first-order valence-electron chi connectivity index (χ1n) is 23.9. The molecule has 8 N–H and O–H groups in total. The summed E-state index contributed by atoms with van der Waals surface area (Å²) in [5.41, 5.74) is 8.02. The SMILES string of the molecule is CCCCc1ccc(-c2ccc(C(N[C@@H](CCCCN)C(=O)N[C@H](C(=O)N[C@@H](C)C(=O)N[C@@H](CC(C)C)C(=O)N[C@@H](C)B3O[C@@H]4C[C@@H]5C[C@@H](C5(C)C)[C@]4(C)O3)[C@@H](C)O)C(F)(F)F)cc2)cc1. The van der Waals surface area contributed by atoms with Gasteiger partial charge in [0.2, 0.25) is 23.6 Å². The minimum Gasteiger partial charge on any atom is -0.404 e. The standard InChI is InChI=1S/C49H74BF3N6O7/c1-10-11-14-32-16-18-33(19-17-32)34-20-22-35(23-21-34)42(49(51,52)53)57-37(15-12-13-24-54)44(62)59-41(30(5)60)46(64)55-29(4)43(61)58-38(25-28(2)3)45(63)56-31(6)50-65-40-27-36-26-39(47(36,7)8)48(40,9)66-50/h16-23,28-31,36-42,57,60H,10-15,24-27,54H2,1-9H3,(H,55,64)(H,56,63)(H,58,61)(H,59,62)/t29-,30+,31-,36-,37-,38-,39-,40+,41-,42?,48-/m0/s1. The van der Waals surface area contributed by atoms with Crippen LogP contribution in [0.1, 0.15) is 131 Å². The molecule has 3 saturated carbocycles. The molecule has 3 aliphatic carbocycles. The molecule has 0 aromatic heterocycles. The smallest absolute Gasteiger partial charge is 0.404 e. The summed E-state index contributed by atoms with van der Waals surface area (Å²) in [4.78, 5) is 54.8. The van der Waals surface area contributed by atoms with Crippen molar-refractivity contribution >= 4 is 30.7 Å². The van der Waals surface area contributed by atoms with Crippen molar-refractivity contribution < 1.29 is 46.8 Å². The Balaban J connectivity index is 1.21. The number of unbranched alkanes of at least 4 members (excludes halogenated alkanes) is 2. The van der Waals surface area contributed by atoms with Crippen LogP contribution in [-0.2, 0) is 34.9 Å². The Hall–Kier alpha value is -4.03. The van der Waals surface area contributed by atoms with Gasteiger partial charge in [0, 0.05) is 0 Å². The molecule has 0 spiro atoms. The summed E-state index contributed by atoms with van der Waals surface area (Å²) in [7, 11) is -0.675. The zero-order valence-corrected chi connectivity index (χ0v) is 40.2. The summed E-state index contributed by atoms with van der Waals surface area (Å²) in [5.74, 6) is -2.71. The van der Waals surface area contributed by atoms with Gasteiger partial charge < -0.3 is 41.4 Å². The van der Waals surface area contributed by atoms with Crippen LogP contribution in [0.2, 0.25) is 0 Å². The molecule has 6 rings (SSSR count). The van der Waals surface area contributed by atoms with Crippen LogP contribution in [0.3, 0.4) is 0 Å². The number of hydrogen-bond acceptors (Lipinski definition) is 9. The van der Waals surface area contributed by atoms with Crippen LogP contribution in [0, 0.1) is 23.2 Å². The summed E-state index contributed by atoms with van der Waals surface area (Å²) < 4.78 is 57.2. The normalized spacial score (nSPS) is 24.2. The van der Waals surface area contributed by atoms with E-state index in [9.17, 15) is 37.5 Å². The van der Waals surface area contributed by atoms with E-state index in [1.165, 1.54) is 31.5 Å². The molecule has 1 heterocycles.